The van der Waals surface area contributed by atoms with Crippen LogP contribution in [0, 0.1) is 6.92 Å². The van der Waals surface area contributed by atoms with Crippen molar-refractivity contribution in [2.45, 2.75) is 32.2 Å². The Bertz CT molecular complexity index is 1740. The summed E-state index contributed by atoms with van der Waals surface area (Å²) in [5.41, 5.74) is 5.89. The quantitative estimate of drug-likeness (QED) is 0.336. The number of ether oxygens (including phenoxy) is 1. The zero-order valence-electron chi connectivity index (χ0n) is 25.0. The van der Waals surface area contributed by atoms with Crippen molar-refractivity contribution in [1.29, 1.82) is 0 Å². The molecule has 2 aromatic carbocycles. The number of amides is 1. The van der Waals surface area contributed by atoms with Gasteiger partial charge in [0.1, 0.15) is 11.6 Å². The van der Waals surface area contributed by atoms with Crippen molar-refractivity contribution in [3.63, 3.8) is 0 Å². The number of anilines is 2. The number of benzene rings is 2. The standard InChI is InChI=1S/C32H37ClN8O2/c1-5-26(42)39-10-12-40(13-11-39)31-28-25(35-32(36-31)41-9-8-20(18-41)38(3)4)16-22(21-7-6-14-43-30(21)28)27-23-17-34-37-24(23)15-19(2)29(27)33/h5,15-17,20H,1,6-14,18H2,2-4H3,(H,34,37). The molecule has 1 atom stereocenters. The zero-order chi connectivity index (χ0) is 29.8. The normalized spacial score (nSPS) is 18.9. The Kier molecular flexibility index (Phi) is 7.13. The molecule has 2 aromatic heterocycles. The molecule has 4 aromatic rings. The van der Waals surface area contributed by atoms with Gasteiger partial charge < -0.3 is 24.3 Å². The van der Waals surface area contributed by atoms with Crippen LogP contribution < -0.4 is 14.5 Å². The van der Waals surface area contributed by atoms with Crippen LogP contribution in [0.2, 0.25) is 5.02 Å². The number of hydrogen-bond acceptors (Lipinski definition) is 8. The highest BCUT2D eigenvalue weighted by molar-refractivity contribution is 6.36. The maximum Gasteiger partial charge on any atom is 0.246 e. The maximum absolute atomic E-state index is 12.3. The molecule has 0 saturated carbocycles. The highest BCUT2D eigenvalue weighted by Crippen LogP contribution is 2.47. The molecule has 5 heterocycles. The Morgan fingerprint density at radius 2 is 1.98 bits per heavy atom. The lowest BCUT2D eigenvalue weighted by Crippen LogP contribution is -2.48. The molecule has 0 spiro atoms. The number of aryl methyl sites for hydroxylation is 1. The van der Waals surface area contributed by atoms with E-state index in [1.165, 1.54) is 6.08 Å². The van der Waals surface area contributed by atoms with Gasteiger partial charge in [0.25, 0.3) is 0 Å². The van der Waals surface area contributed by atoms with E-state index in [9.17, 15) is 4.79 Å². The highest BCUT2D eigenvalue weighted by Gasteiger charge is 2.32. The van der Waals surface area contributed by atoms with Gasteiger partial charge in [-0.1, -0.05) is 18.2 Å². The fourth-order valence-corrected chi connectivity index (χ4v) is 7.03. The van der Waals surface area contributed by atoms with E-state index in [2.05, 4.69) is 51.6 Å². The van der Waals surface area contributed by atoms with Gasteiger partial charge in [0.2, 0.25) is 11.9 Å². The predicted octanol–water partition coefficient (Wildman–Crippen LogP) is 4.43. The molecule has 1 unspecified atom stereocenters. The lowest BCUT2D eigenvalue weighted by Gasteiger charge is -2.36. The van der Waals surface area contributed by atoms with Crippen LogP contribution in [0.15, 0.2) is 31.0 Å². The molecule has 0 radical (unpaired) electrons. The van der Waals surface area contributed by atoms with Gasteiger partial charge >= 0.3 is 0 Å². The molecule has 224 valence electrons. The topological polar surface area (TPSA) is 93.7 Å². The first-order valence-corrected chi connectivity index (χ1v) is 15.4. The van der Waals surface area contributed by atoms with Gasteiger partial charge in [0.05, 0.1) is 34.2 Å². The number of nitrogens with zero attached hydrogens (tertiary/aromatic N) is 7. The Balaban J connectivity index is 1.44. The lowest BCUT2D eigenvalue weighted by atomic mass is 9.90. The van der Waals surface area contributed by atoms with Crippen LogP contribution in [0.5, 0.6) is 5.75 Å². The molecule has 11 heteroatoms. The van der Waals surface area contributed by atoms with Crippen LogP contribution in [0.4, 0.5) is 11.8 Å². The third-order valence-electron chi connectivity index (χ3n) is 9.21. The Hall–Kier alpha value is -3.89. The Morgan fingerprint density at radius 1 is 1.16 bits per heavy atom. The second kappa shape index (κ2) is 11.0. The number of piperazine rings is 1. The Morgan fingerprint density at radius 3 is 2.72 bits per heavy atom. The molecular formula is C32H37ClN8O2. The van der Waals surface area contributed by atoms with Crippen molar-refractivity contribution in [2.75, 3.05) is 69.8 Å². The van der Waals surface area contributed by atoms with Crippen molar-refractivity contribution >= 4 is 51.1 Å². The zero-order valence-corrected chi connectivity index (χ0v) is 25.7. The monoisotopic (exact) mass is 600 g/mol. The first-order chi connectivity index (χ1) is 20.8. The van der Waals surface area contributed by atoms with Crippen LogP contribution in [-0.4, -0.2) is 102 Å². The number of aromatic amines is 1. The van der Waals surface area contributed by atoms with Crippen molar-refractivity contribution in [2.24, 2.45) is 0 Å². The summed E-state index contributed by atoms with van der Waals surface area (Å²) >= 11 is 7.07. The van der Waals surface area contributed by atoms with Crippen LogP contribution in [0.25, 0.3) is 32.9 Å². The molecule has 0 bridgehead atoms. The van der Waals surface area contributed by atoms with Gasteiger partial charge in [-0.25, -0.2) is 4.98 Å². The minimum absolute atomic E-state index is 0.0365. The molecule has 2 saturated heterocycles. The molecule has 3 aliphatic heterocycles. The molecule has 3 aliphatic rings. The summed E-state index contributed by atoms with van der Waals surface area (Å²) in [5, 5.41) is 10.1. The maximum atomic E-state index is 12.3. The first kappa shape index (κ1) is 27.9. The van der Waals surface area contributed by atoms with E-state index in [1.54, 1.807) is 0 Å². The minimum atomic E-state index is -0.0365. The summed E-state index contributed by atoms with van der Waals surface area (Å²) < 4.78 is 6.51. The van der Waals surface area contributed by atoms with E-state index in [4.69, 9.17) is 26.3 Å². The fraction of sp³-hybridized carbons (Fsp3) is 0.438. The summed E-state index contributed by atoms with van der Waals surface area (Å²) in [4.78, 5) is 31.5. The third-order valence-corrected chi connectivity index (χ3v) is 9.69. The molecule has 2 fully saturated rings. The van der Waals surface area contributed by atoms with Crippen LogP contribution >= 0.6 is 11.6 Å². The third kappa shape index (κ3) is 4.77. The number of fused-ring (bicyclic) bond motifs is 4. The van der Waals surface area contributed by atoms with E-state index in [0.29, 0.717) is 43.9 Å². The summed E-state index contributed by atoms with van der Waals surface area (Å²) in [5.74, 6) is 2.40. The van der Waals surface area contributed by atoms with E-state index in [1.807, 2.05) is 24.1 Å². The van der Waals surface area contributed by atoms with E-state index in [-0.39, 0.29) is 5.91 Å². The molecule has 10 nitrogen and oxygen atoms in total. The molecule has 1 amide bonds. The number of H-pyrrole nitrogens is 1. The molecule has 43 heavy (non-hydrogen) atoms. The first-order valence-electron chi connectivity index (χ1n) is 15.0. The predicted molar refractivity (Wildman–Crippen MR) is 171 cm³/mol. The number of nitrogens with one attached hydrogen (secondary N) is 1. The molecule has 1 N–H and O–H groups in total. The number of likely N-dealkylation sites (N-methyl/N-ethyl adjacent to an activating group) is 1. The minimum Gasteiger partial charge on any atom is -0.492 e. The van der Waals surface area contributed by atoms with Crippen LogP contribution in [0.1, 0.15) is 24.0 Å². The SMILES string of the molecule is C=CC(=O)N1CCN(c2nc(N3CCC(N(C)C)C3)nc3cc(-c4c(Cl)c(C)cc5[nH]ncc45)c4c(c23)OCCC4)CC1. The smallest absolute Gasteiger partial charge is 0.246 e. The van der Waals surface area contributed by atoms with E-state index in [0.717, 1.165) is 93.9 Å². The molecule has 0 aliphatic carbocycles. The Labute approximate surface area is 256 Å². The second-order valence-corrected chi connectivity index (χ2v) is 12.4. The lowest BCUT2D eigenvalue weighted by molar-refractivity contribution is -0.126. The summed E-state index contributed by atoms with van der Waals surface area (Å²) in [6.07, 6.45) is 6.08. The van der Waals surface area contributed by atoms with Crippen molar-refractivity contribution in [1.82, 2.24) is 30.0 Å². The number of aromatic nitrogens is 4. The van der Waals surface area contributed by atoms with Crippen LogP contribution in [0.3, 0.4) is 0 Å². The van der Waals surface area contributed by atoms with Crippen LogP contribution in [-0.2, 0) is 11.2 Å². The second-order valence-electron chi connectivity index (χ2n) is 12.0. The largest absolute Gasteiger partial charge is 0.492 e. The van der Waals surface area contributed by atoms with Gasteiger partial charge in [-0.15, -0.1) is 0 Å². The summed E-state index contributed by atoms with van der Waals surface area (Å²) in [6.45, 7) is 10.6. The van der Waals surface area contributed by atoms with Gasteiger partial charge in [0, 0.05) is 61.8 Å². The van der Waals surface area contributed by atoms with Gasteiger partial charge in [0.15, 0.2) is 0 Å². The van der Waals surface area contributed by atoms with Gasteiger partial charge in [-0.2, -0.15) is 10.1 Å². The van der Waals surface area contributed by atoms with E-state index >= 15 is 0 Å². The number of carbonyl (C=O) groups excluding carboxylic acids is 1. The number of rotatable bonds is 5. The van der Waals surface area contributed by atoms with Gasteiger partial charge in [-0.3, -0.25) is 9.89 Å². The summed E-state index contributed by atoms with van der Waals surface area (Å²) in [7, 11) is 4.26. The number of hydrogen-bond donors (Lipinski definition) is 1. The van der Waals surface area contributed by atoms with Gasteiger partial charge in [-0.05, 0) is 69.6 Å². The van der Waals surface area contributed by atoms with Crippen molar-refractivity contribution < 1.29 is 9.53 Å². The number of halogens is 1. The van der Waals surface area contributed by atoms with Crippen molar-refractivity contribution in [3.8, 4) is 16.9 Å². The fourth-order valence-electron chi connectivity index (χ4n) is 6.77. The average molecular weight is 601 g/mol. The van der Waals surface area contributed by atoms with Crippen molar-refractivity contribution in [3.05, 3.63) is 47.1 Å². The van der Waals surface area contributed by atoms with E-state index < -0.39 is 0 Å². The number of carbonyl (C=O) groups is 1. The summed E-state index contributed by atoms with van der Waals surface area (Å²) in [6, 6.07) is 4.67. The average Bonchev–Trinajstić information content (AvgIpc) is 3.71. The molecule has 7 rings (SSSR count). The highest BCUT2D eigenvalue weighted by atomic mass is 35.5. The molecular weight excluding hydrogens is 564 g/mol.